The molecule has 2 rings (SSSR count). The van der Waals surface area contributed by atoms with Gasteiger partial charge in [0.2, 0.25) is 0 Å². The number of hydrogen-bond donors (Lipinski definition) is 2. The van der Waals surface area contributed by atoms with E-state index in [0.717, 1.165) is 12.0 Å². The standard InChI is InChI=1S/C22H28N2O3/c1-5-16(4)23-21(25)18-12-7-8-13-19(18)24-22(26)20(6-2)27-17-11-9-10-15(3)14-17/h7-14,16,20H,5-6H2,1-4H3,(H,23,25)(H,24,26)/t16-,20-/m0/s1. The molecule has 0 heterocycles. The van der Waals surface area contributed by atoms with Crippen molar-refractivity contribution in [2.45, 2.75) is 52.7 Å². The van der Waals surface area contributed by atoms with E-state index < -0.39 is 6.10 Å². The molecule has 5 heteroatoms. The molecule has 0 aliphatic heterocycles. The quantitative estimate of drug-likeness (QED) is 0.729. The van der Waals surface area contributed by atoms with E-state index in [1.165, 1.54) is 0 Å². The molecule has 0 saturated carbocycles. The zero-order chi connectivity index (χ0) is 19.8. The van der Waals surface area contributed by atoms with Gasteiger partial charge in [0, 0.05) is 6.04 Å². The highest BCUT2D eigenvalue weighted by molar-refractivity contribution is 6.04. The Kier molecular flexibility index (Phi) is 7.41. The van der Waals surface area contributed by atoms with Crippen molar-refractivity contribution in [3.05, 3.63) is 59.7 Å². The van der Waals surface area contributed by atoms with Gasteiger partial charge in [-0.05, 0) is 56.5 Å². The minimum atomic E-state index is -0.641. The third-order valence-corrected chi connectivity index (χ3v) is 4.35. The van der Waals surface area contributed by atoms with Crippen molar-refractivity contribution in [1.29, 1.82) is 0 Å². The zero-order valence-electron chi connectivity index (χ0n) is 16.4. The Morgan fingerprint density at radius 2 is 1.78 bits per heavy atom. The zero-order valence-corrected chi connectivity index (χ0v) is 16.4. The summed E-state index contributed by atoms with van der Waals surface area (Å²) in [5, 5.41) is 5.77. The molecule has 27 heavy (non-hydrogen) atoms. The van der Waals surface area contributed by atoms with Crippen molar-refractivity contribution in [2.24, 2.45) is 0 Å². The molecular formula is C22H28N2O3. The number of amides is 2. The number of carbonyl (C=O) groups is 2. The summed E-state index contributed by atoms with van der Waals surface area (Å²) in [6.07, 6.45) is 0.709. The molecule has 2 aromatic carbocycles. The molecule has 2 aromatic rings. The first-order chi connectivity index (χ1) is 12.9. The molecule has 2 N–H and O–H groups in total. The molecule has 0 unspecified atom stereocenters. The Labute approximate surface area is 161 Å². The predicted molar refractivity (Wildman–Crippen MR) is 108 cm³/mol. The van der Waals surface area contributed by atoms with E-state index in [9.17, 15) is 9.59 Å². The van der Waals surface area contributed by atoms with Crippen LogP contribution in [0.3, 0.4) is 0 Å². The van der Waals surface area contributed by atoms with Gasteiger partial charge in [0.15, 0.2) is 6.10 Å². The van der Waals surface area contributed by atoms with Crippen molar-refractivity contribution in [3.8, 4) is 5.75 Å². The van der Waals surface area contributed by atoms with E-state index in [1.807, 2.05) is 52.0 Å². The molecule has 0 aromatic heterocycles. The number of nitrogens with one attached hydrogen (secondary N) is 2. The van der Waals surface area contributed by atoms with Crippen molar-refractivity contribution < 1.29 is 14.3 Å². The molecule has 2 atom stereocenters. The van der Waals surface area contributed by atoms with Crippen LogP contribution in [0.2, 0.25) is 0 Å². The number of para-hydroxylation sites is 1. The fraction of sp³-hybridized carbons (Fsp3) is 0.364. The van der Waals surface area contributed by atoms with Crippen molar-refractivity contribution >= 4 is 17.5 Å². The lowest BCUT2D eigenvalue weighted by molar-refractivity contribution is -0.122. The van der Waals surface area contributed by atoms with Crippen LogP contribution in [0.25, 0.3) is 0 Å². The van der Waals surface area contributed by atoms with Gasteiger partial charge in [0.05, 0.1) is 11.3 Å². The molecular weight excluding hydrogens is 340 g/mol. The Morgan fingerprint density at radius 1 is 1.04 bits per heavy atom. The van der Waals surface area contributed by atoms with Crippen molar-refractivity contribution in [1.82, 2.24) is 5.32 Å². The maximum Gasteiger partial charge on any atom is 0.265 e. The minimum Gasteiger partial charge on any atom is -0.481 e. The summed E-state index contributed by atoms with van der Waals surface area (Å²) in [6.45, 7) is 7.82. The van der Waals surface area contributed by atoms with Crippen LogP contribution in [0.4, 0.5) is 5.69 Å². The maximum absolute atomic E-state index is 12.7. The minimum absolute atomic E-state index is 0.0642. The molecule has 0 fully saturated rings. The second-order valence-electron chi connectivity index (χ2n) is 6.65. The first kappa shape index (κ1) is 20.5. The normalized spacial score (nSPS) is 12.7. The van der Waals surface area contributed by atoms with Gasteiger partial charge in [0.1, 0.15) is 5.75 Å². The predicted octanol–water partition coefficient (Wildman–Crippen LogP) is 4.32. The number of benzene rings is 2. The SMILES string of the molecule is CC[C@H](Oc1cccc(C)c1)C(=O)Nc1ccccc1C(=O)N[C@@H](C)CC. The number of aryl methyl sites for hydroxylation is 1. The number of anilines is 1. The highest BCUT2D eigenvalue weighted by Crippen LogP contribution is 2.19. The van der Waals surface area contributed by atoms with Gasteiger partial charge in [-0.1, -0.05) is 38.1 Å². The van der Waals surface area contributed by atoms with Crippen LogP contribution >= 0.6 is 0 Å². The van der Waals surface area contributed by atoms with E-state index in [1.54, 1.807) is 24.3 Å². The number of hydrogen-bond acceptors (Lipinski definition) is 3. The first-order valence-corrected chi connectivity index (χ1v) is 9.38. The molecule has 0 radical (unpaired) electrons. The van der Waals surface area contributed by atoms with Gasteiger partial charge < -0.3 is 15.4 Å². The van der Waals surface area contributed by atoms with Crippen molar-refractivity contribution in [3.63, 3.8) is 0 Å². The van der Waals surface area contributed by atoms with Crippen LogP contribution in [0.1, 0.15) is 49.5 Å². The van der Waals surface area contributed by atoms with Crippen LogP contribution < -0.4 is 15.4 Å². The molecule has 0 bridgehead atoms. The second-order valence-corrected chi connectivity index (χ2v) is 6.65. The van der Waals surface area contributed by atoms with Crippen LogP contribution in [-0.2, 0) is 4.79 Å². The summed E-state index contributed by atoms with van der Waals surface area (Å²) in [4.78, 5) is 25.2. The summed E-state index contributed by atoms with van der Waals surface area (Å²) in [6, 6.07) is 14.6. The van der Waals surface area contributed by atoms with Crippen molar-refractivity contribution in [2.75, 3.05) is 5.32 Å². The van der Waals surface area contributed by atoms with E-state index in [2.05, 4.69) is 10.6 Å². The number of ether oxygens (including phenoxy) is 1. The van der Waals surface area contributed by atoms with Crippen LogP contribution in [0, 0.1) is 6.92 Å². The van der Waals surface area contributed by atoms with Gasteiger partial charge in [-0.15, -0.1) is 0 Å². The van der Waals surface area contributed by atoms with Gasteiger partial charge in [-0.2, -0.15) is 0 Å². The summed E-state index contributed by atoms with van der Waals surface area (Å²) in [7, 11) is 0. The lowest BCUT2D eigenvalue weighted by atomic mass is 10.1. The highest BCUT2D eigenvalue weighted by atomic mass is 16.5. The van der Waals surface area contributed by atoms with Gasteiger partial charge in [-0.3, -0.25) is 9.59 Å². The monoisotopic (exact) mass is 368 g/mol. The molecule has 0 spiro atoms. The van der Waals surface area contributed by atoms with E-state index in [0.29, 0.717) is 23.4 Å². The van der Waals surface area contributed by atoms with Gasteiger partial charge in [0.25, 0.3) is 11.8 Å². The lowest BCUT2D eigenvalue weighted by Crippen LogP contribution is -2.35. The fourth-order valence-corrected chi connectivity index (χ4v) is 2.58. The van der Waals surface area contributed by atoms with Gasteiger partial charge >= 0.3 is 0 Å². The third-order valence-electron chi connectivity index (χ3n) is 4.35. The number of carbonyl (C=O) groups excluding carboxylic acids is 2. The van der Waals surface area contributed by atoms with E-state index in [4.69, 9.17) is 4.74 Å². The molecule has 0 aliphatic carbocycles. The summed E-state index contributed by atoms with van der Waals surface area (Å²) in [5.74, 6) is 0.176. The molecule has 0 saturated heterocycles. The Balaban J connectivity index is 2.13. The third kappa shape index (κ3) is 5.84. The van der Waals surface area contributed by atoms with Gasteiger partial charge in [-0.25, -0.2) is 0 Å². The fourth-order valence-electron chi connectivity index (χ4n) is 2.58. The smallest absolute Gasteiger partial charge is 0.265 e. The Bertz CT molecular complexity index is 789. The second kappa shape index (κ2) is 9.76. The molecule has 144 valence electrons. The molecule has 0 aliphatic rings. The highest BCUT2D eigenvalue weighted by Gasteiger charge is 2.21. The average molecular weight is 368 g/mol. The van der Waals surface area contributed by atoms with Crippen LogP contribution in [-0.4, -0.2) is 24.0 Å². The lowest BCUT2D eigenvalue weighted by Gasteiger charge is -2.19. The Hall–Kier alpha value is -2.82. The summed E-state index contributed by atoms with van der Waals surface area (Å²) in [5.41, 5.74) is 1.99. The number of rotatable bonds is 8. The summed E-state index contributed by atoms with van der Waals surface area (Å²) < 4.78 is 5.85. The largest absolute Gasteiger partial charge is 0.481 e. The maximum atomic E-state index is 12.7. The van der Waals surface area contributed by atoms with E-state index in [-0.39, 0.29) is 17.9 Å². The molecule has 2 amide bonds. The summed E-state index contributed by atoms with van der Waals surface area (Å²) >= 11 is 0. The topological polar surface area (TPSA) is 67.4 Å². The molecule has 5 nitrogen and oxygen atoms in total. The first-order valence-electron chi connectivity index (χ1n) is 9.38. The average Bonchev–Trinajstić information content (AvgIpc) is 2.66. The Morgan fingerprint density at radius 3 is 2.44 bits per heavy atom. The van der Waals surface area contributed by atoms with E-state index >= 15 is 0 Å². The van der Waals surface area contributed by atoms with Crippen LogP contribution in [0.5, 0.6) is 5.75 Å². The van der Waals surface area contributed by atoms with Crippen LogP contribution in [0.15, 0.2) is 48.5 Å².